The zero-order valence-electron chi connectivity index (χ0n) is 17.3. The first-order valence-electron chi connectivity index (χ1n) is 10.8. The lowest BCUT2D eigenvalue weighted by molar-refractivity contribution is -0.147. The van der Waals surface area contributed by atoms with Crippen molar-refractivity contribution < 1.29 is 4.79 Å². The number of hydrogen-bond acceptors (Lipinski definition) is 1. The van der Waals surface area contributed by atoms with Crippen molar-refractivity contribution in [2.45, 2.75) is 106 Å². The molecule has 0 aromatic carbocycles. The monoisotopic (exact) mass is 334 g/mol. The molecule has 0 spiro atoms. The fourth-order valence-corrected chi connectivity index (χ4v) is 5.72. The van der Waals surface area contributed by atoms with Gasteiger partial charge >= 0.3 is 0 Å². The number of rotatable bonds is 6. The van der Waals surface area contributed by atoms with Crippen LogP contribution in [0.15, 0.2) is 0 Å². The van der Waals surface area contributed by atoms with Crippen LogP contribution >= 0.6 is 0 Å². The van der Waals surface area contributed by atoms with Gasteiger partial charge in [0, 0.05) is 10.8 Å². The van der Waals surface area contributed by atoms with Gasteiger partial charge < -0.3 is 0 Å². The number of hydrogen-bond donors (Lipinski definition) is 0. The van der Waals surface area contributed by atoms with Crippen LogP contribution in [-0.2, 0) is 4.79 Å². The van der Waals surface area contributed by atoms with Crippen LogP contribution in [0.25, 0.3) is 0 Å². The molecule has 0 amide bonds. The third-order valence-electron chi connectivity index (χ3n) is 8.34. The van der Waals surface area contributed by atoms with Crippen LogP contribution in [-0.4, -0.2) is 5.78 Å². The molecule has 2 fully saturated rings. The Morgan fingerprint density at radius 2 is 1.00 bits per heavy atom. The lowest BCUT2D eigenvalue weighted by Gasteiger charge is -2.48. The molecule has 140 valence electrons. The second-order valence-corrected chi connectivity index (χ2v) is 9.78. The van der Waals surface area contributed by atoms with Crippen molar-refractivity contribution >= 4 is 5.78 Å². The predicted molar refractivity (Wildman–Crippen MR) is 104 cm³/mol. The van der Waals surface area contributed by atoms with E-state index in [9.17, 15) is 4.79 Å². The standard InChI is InChI=1S/C23H42O/c1-7-22(5,19-13-9-17(3)10-14-19)21(24)23(6,8-2)20-15-11-18(4)12-16-20/h17-20H,7-16H2,1-6H3. The van der Waals surface area contributed by atoms with Gasteiger partial charge in [-0.05, 0) is 62.2 Å². The smallest absolute Gasteiger partial charge is 0.145 e. The third kappa shape index (κ3) is 3.75. The molecule has 0 bridgehead atoms. The highest BCUT2D eigenvalue weighted by Gasteiger charge is 2.50. The summed E-state index contributed by atoms with van der Waals surface area (Å²) in [6, 6.07) is 0. The van der Waals surface area contributed by atoms with E-state index in [2.05, 4.69) is 41.5 Å². The first-order chi connectivity index (χ1) is 11.3. The summed E-state index contributed by atoms with van der Waals surface area (Å²) in [5, 5.41) is 0. The zero-order valence-corrected chi connectivity index (χ0v) is 17.3. The molecular formula is C23H42O. The van der Waals surface area contributed by atoms with E-state index in [0.717, 1.165) is 24.7 Å². The average Bonchev–Trinajstić information content (AvgIpc) is 2.61. The van der Waals surface area contributed by atoms with Gasteiger partial charge in [-0.1, -0.05) is 67.2 Å². The van der Waals surface area contributed by atoms with E-state index in [-0.39, 0.29) is 10.8 Å². The molecule has 2 aliphatic rings. The van der Waals surface area contributed by atoms with Gasteiger partial charge in [-0.15, -0.1) is 0 Å². The fourth-order valence-electron chi connectivity index (χ4n) is 5.72. The molecule has 0 aliphatic heterocycles. The summed E-state index contributed by atoms with van der Waals surface area (Å²) in [4.78, 5) is 13.9. The summed E-state index contributed by atoms with van der Waals surface area (Å²) in [6.45, 7) is 13.9. The first-order valence-corrected chi connectivity index (χ1v) is 10.8. The van der Waals surface area contributed by atoms with E-state index < -0.39 is 0 Å². The molecule has 2 atom stereocenters. The SMILES string of the molecule is CCC(C)(C(=O)C(C)(CC)C1CCC(C)CC1)C1CCC(C)CC1. The quantitative estimate of drug-likeness (QED) is 0.509. The molecule has 0 N–H and O–H groups in total. The lowest BCUT2D eigenvalue weighted by Crippen LogP contribution is -2.49. The van der Waals surface area contributed by atoms with Crippen LogP contribution < -0.4 is 0 Å². The van der Waals surface area contributed by atoms with Gasteiger partial charge in [-0.2, -0.15) is 0 Å². The van der Waals surface area contributed by atoms with Crippen molar-refractivity contribution in [1.82, 2.24) is 0 Å². The molecule has 2 saturated carbocycles. The Morgan fingerprint density at radius 1 is 0.708 bits per heavy atom. The summed E-state index contributed by atoms with van der Waals surface area (Å²) in [6.07, 6.45) is 12.4. The highest BCUT2D eigenvalue weighted by atomic mass is 16.1. The van der Waals surface area contributed by atoms with Crippen LogP contribution in [0.1, 0.15) is 106 Å². The van der Waals surface area contributed by atoms with Gasteiger partial charge in [-0.25, -0.2) is 0 Å². The second-order valence-electron chi connectivity index (χ2n) is 9.78. The molecule has 1 heteroatoms. The van der Waals surface area contributed by atoms with Gasteiger partial charge in [-0.3, -0.25) is 4.79 Å². The molecule has 2 unspecified atom stereocenters. The Labute approximate surface area is 151 Å². The Bertz CT molecular complexity index is 374. The van der Waals surface area contributed by atoms with Crippen molar-refractivity contribution in [3.63, 3.8) is 0 Å². The van der Waals surface area contributed by atoms with E-state index in [1.165, 1.54) is 51.4 Å². The Kier molecular flexibility index (Phi) is 6.59. The van der Waals surface area contributed by atoms with Crippen LogP contribution in [0.2, 0.25) is 0 Å². The minimum Gasteiger partial charge on any atom is -0.298 e. The second kappa shape index (κ2) is 7.92. The lowest BCUT2D eigenvalue weighted by atomic mass is 9.55. The maximum atomic E-state index is 13.9. The maximum absolute atomic E-state index is 13.9. The minimum absolute atomic E-state index is 0.103. The van der Waals surface area contributed by atoms with Gasteiger partial charge in [0.05, 0.1) is 0 Å². The van der Waals surface area contributed by atoms with Gasteiger partial charge in [0.1, 0.15) is 5.78 Å². The fraction of sp³-hybridized carbons (Fsp3) is 0.957. The molecule has 0 aromatic rings. The summed E-state index contributed by atoms with van der Waals surface area (Å²) in [5.41, 5.74) is -0.206. The molecule has 0 radical (unpaired) electrons. The highest BCUT2D eigenvalue weighted by molar-refractivity contribution is 5.90. The Morgan fingerprint density at radius 3 is 1.25 bits per heavy atom. The Balaban J connectivity index is 2.20. The van der Waals surface area contributed by atoms with Crippen LogP contribution in [0, 0.1) is 34.5 Å². The third-order valence-corrected chi connectivity index (χ3v) is 8.34. The zero-order chi connectivity index (χ0) is 18.0. The molecule has 2 rings (SSSR count). The highest BCUT2D eigenvalue weighted by Crippen LogP contribution is 2.51. The Hall–Kier alpha value is -0.330. The summed E-state index contributed by atoms with van der Waals surface area (Å²) >= 11 is 0. The number of ketones is 1. The normalized spacial score (nSPS) is 36.6. The molecule has 1 nitrogen and oxygen atoms in total. The minimum atomic E-state index is -0.103. The number of Topliss-reactive ketones (excluding diaryl/α,β-unsaturated/α-hetero) is 1. The molecule has 0 heterocycles. The molecule has 0 aromatic heterocycles. The van der Waals surface area contributed by atoms with E-state index in [0.29, 0.717) is 17.6 Å². The first kappa shape index (κ1) is 20.0. The van der Waals surface area contributed by atoms with Crippen LogP contribution in [0.4, 0.5) is 0 Å². The van der Waals surface area contributed by atoms with Crippen LogP contribution in [0.5, 0.6) is 0 Å². The topological polar surface area (TPSA) is 17.1 Å². The van der Waals surface area contributed by atoms with Crippen molar-refractivity contribution in [3.05, 3.63) is 0 Å². The number of carbonyl (C=O) groups is 1. The molecular weight excluding hydrogens is 292 g/mol. The molecule has 2 aliphatic carbocycles. The van der Waals surface area contributed by atoms with Crippen molar-refractivity contribution in [2.75, 3.05) is 0 Å². The van der Waals surface area contributed by atoms with E-state index in [1.807, 2.05) is 0 Å². The van der Waals surface area contributed by atoms with Gasteiger partial charge in [0.15, 0.2) is 0 Å². The van der Waals surface area contributed by atoms with Crippen molar-refractivity contribution in [3.8, 4) is 0 Å². The molecule has 24 heavy (non-hydrogen) atoms. The van der Waals surface area contributed by atoms with Crippen molar-refractivity contribution in [1.29, 1.82) is 0 Å². The molecule has 0 saturated heterocycles. The van der Waals surface area contributed by atoms with Crippen molar-refractivity contribution in [2.24, 2.45) is 34.5 Å². The average molecular weight is 335 g/mol. The summed E-state index contributed by atoms with van der Waals surface area (Å²) < 4.78 is 0. The van der Waals surface area contributed by atoms with E-state index in [1.54, 1.807) is 0 Å². The van der Waals surface area contributed by atoms with Gasteiger partial charge in [0.25, 0.3) is 0 Å². The number of carbonyl (C=O) groups excluding carboxylic acids is 1. The summed E-state index contributed by atoms with van der Waals surface area (Å²) in [5.74, 6) is 3.54. The maximum Gasteiger partial charge on any atom is 0.145 e. The van der Waals surface area contributed by atoms with E-state index >= 15 is 0 Å². The van der Waals surface area contributed by atoms with Crippen LogP contribution in [0.3, 0.4) is 0 Å². The largest absolute Gasteiger partial charge is 0.298 e. The van der Waals surface area contributed by atoms with E-state index in [4.69, 9.17) is 0 Å². The van der Waals surface area contributed by atoms with Gasteiger partial charge in [0.2, 0.25) is 0 Å². The predicted octanol–water partition coefficient (Wildman–Crippen LogP) is 7.04. The summed E-state index contributed by atoms with van der Waals surface area (Å²) in [7, 11) is 0.